The topological polar surface area (TPSA) is 57.7 Å². The van der Waals surface area contributed by atoms with Crippen LogP contribution in [0.15, 0.2) is 48.5 Å². The van der Waals surface area contributed by atoms with Crippen LogP contribution in [0.25, 0.3) is 0 Å². The molecule has 2 aliphatic heterocycles. The first kappa shape index (κ1) is 17.5. The number of imide groups is 1. The standard InChI is InChI=1S/C22H22N2O3/c1-15-5-4-12-23(14-15)20(25)13-16-8-10-17(11-9-16)24-21(26)18-6-2-3-7-19(18)22(24)27/h2-3,6-11,15H,4-5,12-14H2,1H3. The molecule has 0 saturated carbocycles. The van der Waals surface area contributed by atoms with E-state index in [1.54, 1.807) is 36.4 Å². The highest BCUT2D eigenvalue weighted by Gasteiger charge is 2.36. The highest BCUT2D eigenvalue weighted by molar-refractivity contribution is 6.34. The summed E-state index contributed by atoms with van der Waals surface area (Å²) in [7, 11) is 0. The number of hydrogen-bond donors (Lipinski definition) is 0. The van der Waals surface area contributed by atoms with Gasteiger partial charge in [-0.1, -0.05) is 31.2 Å². The Balaban J connectivity index is 1.48. The summed E-state index contributed by atoms with van der Waals surface area (Å²) in [5.74, 6) is 0.0809. The maximum Gasteiger partial charge on any atom is 0.266 e. The normalized spacial score (nSPS) is 19.4. The van der Waals surface area contributed by atoms with E-state index >= 15 is 0 Å². The number of nitrogens with zero attached hydrogens (tertiary/aromatic N) is 2. The molecule has 1 fully saturated rings. The van der Waals surface area contributed by atoms with Gasteiger partial charge in [-0.15, -0.1) is 0 Å². The van der Waals surface area contributed by atoms with Gasteiger partial charge in [-0.05, 0) is 48.6 Å². The predicted molar refractivity (Wildman–Crippen MR) is 103 cm³/mol. The summed E-state index contributed by atoms with van der Waals surface area (Å²) in [6.45, 7) is 3.83. The molecule has 138 valence electrons. The first-order valence-corrected chi connectivity index (χ1v) is 9.39. The van der Waals surface area contributed by atoms with Gasteiger partial charge >= 0.3 is 0 Å². The van der Waals surface area contributed by atoms with Crippen LogP contribution in [-0.2, 0) is 11.2 Å². The fourth-order valence-electron chi connectivity index (χ4n) is 3.89. The molecule has 0 aromatic heterocycles. The van der Waals surface area contributed by atoms with Crippen LogP contribution in [0.5, 0.6) is 0 Å². The summed E-state index contributed by atoms with van der Waals surface area (Å²) >= 11 is 0. The third-order valence-electron chi connectivity index (χ3n) is 5.35. The third kappa shape index (κ3) is 3.25. The Morgan fingerprint density at radius 2 is 1.63 bits per heavy atom. The second-order valence-electron chi connectivity index (χ2n) is 7.42. The van der Waals surface area contributed by atoms with E-state index in [2.05, 4.69) is 6.92 Å². The van der Waals surface area contributed by atoms with Gasteiger partial charge < -0.3 is 4.90 Å². The number of likely N-dealkylation sites (tertiary alicyclic amines) is 1. The highest BCUT2D eigenvalue weighted by Crippen LogP contribution is 2.28. The van der Waals surface area contributed by atoms with Crippen LogP contribution in [0.4, 0.5) is 5.69 Å². The molecule has 2 aromatic rings. The summed E-state index contributed by atoms with van der Waals surface area (Å²) in [6, 6.07) is 14.0. The van der Waals surface area contributed by atoms with E-state index in [4.69, 9.17) is 0 Å². The predicted octanol–water partition coefficient (Wildman–Crippen LogP) is 3.29. The van der Waals surface area contributed by atoms with Crippen LogP contribution in [-0.4, -0.2) is 35.7 Å². The first-order valence-electron chi connectivity index (χ1n) is 9.39. The Morgan fingerprint density at radius 1 is 1.00 bits per heavy atom. The van der Waals surface area contributed by atoms with Crippen molar-refractivity contribution in [1.29, 1.82) is 0 Å². The number of carbonyl (C=O) groups is 3. The third-order valence-corrected chi connectivity index (χ3v) is 5.35. The lowest BCUT2D eigenvalue weighted by Gasteiger charge is -2.31. The number of amides is 3. The van der Waals surface area contributed by atoms with Crippen molar-refractivity contribution in [1.82, 2.24) is 4.90 Å². The number of carbonyl (C=O) groups excluding carboxylic acids is 3. The summed E-state index contributed by atoms with van der Waals surface area (Å²) in [5, 5.41) is 0. The molecule has 5 nitrogen and oxygen atoms in total. The monoisotopic (exact) mass is 362 g/mol. The molecule has 2 aliphatic rings. The van der Waals surface area contributed by atoms with Crippen LogP contribution >= 0.6 is 0 Å². The van der Waals surface area contributed by atoms with Gasteiger partial charge in [0.05, 0.1) is 23.2 Å². The van der Waals surface area contributed by atoms with Crippen molar-refractivity contribution in [3.05, 3.63) is 65.2 Å². The quantitative estimate of drug-likeness (QED) is 0.788. The minimum absolute atomic E-state index is 0.134. The molecule has 0 radical (unpaired) electrons. The number of anilines is 1. The Hall–Kier alpha value is -2.95. The average Bonchev–Trinajstić information content (AvgIpc) is 2.93. The molecule has 4 rings (SSSR count). The van der Waals surface area contributed by atoms with Gasteiger partial charge in [0, 0.05) is 13.1 Å². The number of piperidine rings is 1. The molecular weight excluding hydrogens is 340 g/mol. The Labute approximate surface area is 158 Å². The van der Waals surface area contributed by atoms with Gasteiger partial charge in [0.2, 0.25) is 5.91 Å². The van der Waals surface area contributed by atoms with Gasteiger partial charge in [-0.25, -0.2) is 4.90 Å². The van der Waals surface area contributed by atoms with Gasteiger partial charge in [-0.3, -0.25) is 14.4 Å². The number of benzene rings is 2. The lowest BCUT2D eigenvalue weighted by Crippen LogP contribution is -2.39. The fraction of sp³-hybridized carbons (Fsp3) is 0.318. The van der Waals surface area contributed by atoms with Gasteiger partial charge in [-0.2, -0.15) is 0 Å². The van der Waals surface area contributed by atoms with E-state index in [1.165, 1.54) is 11.3 Å². The summed E-state index contributed by atoms with van der Waals surface area (Å²) in [4.78, 5) is 40.8. The maximum atomic E-state index is 12.6. The molecular formula is C22H22N2O3. The van der Waals surface area contributed by atoms with E-state index in [9.17, 15) is 14.4 Å². The zero-order chi connectivity index (χ0) is 19.0. The summed E-state index contributed by atoms with van der Waals surface area (Å²) in [6.07, 6.45) is 2.58. The van der Waals surface area contributed by atoms with E-state index in [1.807, 2.05) is 17.0 Å². The minimum Gasteiger partial charge on any atom is -0.342 e. The molecule has 2 aromatic carbocycles. The fourth-order valence-corrected chi connectivity index (χ4v) is 3.89. The van der Waals surface area contributed by atoms with Gasteiger partial charge in [0.1, 0.15) is 0 Å². The van der Waals surface area contributed by atoms with Crippen LogP contribution in [0, 0.1) is 5.92 Å². The molecule has 0 aliphatic carbocycles. The van der Waals surface area contributed by atoms with Crippen molar-refractivity contribution in [2.45, 2.75) is 26.2 Å². The second-order valence-corrected chi connectivity index (χ2v) is 7.42. The number of rotatable bonds is 3. The zero-order valence-electron chi connectivity index (χ0n) is 15.4. The van der Waals surface area contributed by atoms with Crippen LogP contribution in [0.1, 0.15) is 46.0 Å². The van der Waals surface area contributed by atoms with E-state index in [0.717, 1.165) is 25.1 Å². The molecule has 27 heavy (non-hydrogen) atoms. The molecule has 1 unspecified atom stereocenters. The molecule has 1 saturated heterocycles. The zero-order valence-corrected chi connectivity index (χ0v) is 15.4. The molecule has 2 heterocycles. The molecule has 1 atom stereocenters. The SMILES string of the molecule is CC1CCCN(C(=O)Cc2ccc(N3C(=O)c4ccccc4C3=O)cc2)C1. The van der Waals surface area contributed by atoms with Crippen LogP contribution in [0.3, 0.4) is 0 Å². The Bertz CT molecular complexity index is 869. The van der Waals surface area contributed by atoms with Crippen LogP contribution < -0.4 is 4.90 Å². The smallest absolute Gasteiger partial charge is 0.266 e. The molecule has 0 N–H and O–H groups in total. The van der Waals surface area contributed by atoms with Gasteiger partial charge in [0.25, 0.3) is 11.8 Å². The maximum absolute atomic E-state index is 12.6. The average molecular weight is 362 g/mol. The lowest BCUT2D eigenvalue weighted by molar-refractivity contribution is -0.132. The first-order chi connectivity index (χ1) is 13.0. The van der Waals surface area contributed by atoms with E-state index in [0.29, 0.717) is 29.2 Å². The number of hydrogen-bond acceptors (Lipinski definition) is 3. The summed E-state index contributed by atoms with van der Waals surface area (Å²) in [5.41, 5.74) is 2.28. The van der Waals surface area contributed by atoms with E-state index in [-0.39, 0.29) is 17.7 Å². The van der Waals surface area contributed by atoms with Crippen molar-refractivity contribution >= 4 is 23.4 Å². The van der Waals surface area contributed by atoms with Crippen molar-refractivity contribution in [2.75, 3.05) is 18.0 Å². The highest BCUT2D eigenvalue weighted by atomic mass is 16.2. The molecule has 0 spiro atoms. The molecule has 3 amide bonds. The Morgan fingerprint density at radius 3 is 2.22 bits per heavy atom. The number of fused-ring (bicyclic) bond motifs is 1. The largest absolute Gasteiger partial charge is 0.342 e. The molecule has 5 heteroatoms. The van der Waals surface area contributed by atoms with Crippen molar-refractivity contribution < 1.29 is 14.4 Å². The van der Waals surface area contributed by atoms with Gasteiger partial charge in [0.15, 0.2) is 0 Å². The van der Waals surface area contributed by atoms with E-state index < -0.39 is 0 Å². The molecule has 0 bridgehead atoms. The Kier molecular flexibility index (Phi) is 4.52. The lowest BCUT2D eigenvalue weighted by atomic mass is 9.99. The van der Waals surface area contributed by atoms with Crippen molar-refractivity contribution in [3.63, 3.8) is 0 Å². The summed E-state index contributed by atoms with van der Waals surface area (Å²) < 4.78 is 0. The van der Waals surface area contributed by atoms with Crippen LogP contribution in [0.2, 0.25) is 0 Å². The van der Waals surface area contributed by atoms with Crippen molar-refractivity contribution in [3.8, 4) is 0 Å². The van der Waals surface area contributed by atoms with Crippen molar-refractivity contribution in [2.24, 2.45) is 5.92 Å². The second kappa shape index (κ2) is 6.99. The minimum atomic E-state index is -0.304.